The van der Waals surface area contributed by atoms with Crippen molar-refractivity contribution in [1.29, 1.82) is 5.26 Å². The zero-order valence-corrected chi connectivity index (χ0v) is 17.9. The molecule has 0 radical (unpaired) electrons. The van der Waals surface area contributed by atoms with Crippen molar-refractivity contribution < 1.29 is 22.3 Å². The second kappa shape index (κ2) is 8.46. The molecule has 2 atom stereocenters. The van der Waals surface area contributed by atoms with Crippen LogP contribution in [0.15, 0.2) is 35.6 Å². The zero-order chi connectivity index (χ0) is 23.8. The minimum absolute atomic E-state index is 0.0336. The topological polar surface area (TPSA) is 86.9 Å². The Morgan fingerprint density at radius 3 is 2.79 bits per heavy atom. The van der Waals surface area contributed by atoms with Crippen molar-refractivity contribution in [3.05, 3.63) is 47.7 Å². The maximum Gasteiger partial charge on any atom is 0.431 e. The van der Waals surface area contributed by atoms with Crippen molar-refractivity contribution in [1.82, 2.24) is 15.0 Å². The van der Waals surface area contributed by atoms with E-state index in [1.807, 2.05) is 13.8 Å². The third-order valence-corrected chi connectivity index (χ3v) is 5.81. The van der Waals surface area contributed by atoms with Crippen molar-refractivity contribution >= 4 is 23.1 Å². The van der Waals surface area contributed by atoms with Gasteiger partial charge in [0.2, 0.25) is 0 Å². The summed E-state index contributed by atoms with van der Waals surface area (Å²) in [5.74, 6) is -0.296. The van der Waals surface area contributed by atoms with E-state index >= 15 is 0 Å². The van der Waals surface area contributed by atoms with Crippen molar-refractivity contribution in [3.8, 4) is 11.8 Å². The number of aromatic nitrogens is 3. The maximum absolute atomic E-state index is 13.7. The third-order valence-electron chi connectivity index (χ3n) is 5.81. The molecular formula is C23H21F4N5O. The van der Waals surface area contributed by atoms with Crippen LogP contribution in [0.4, 0.5) is 23.4 Å². The molecule has 2 aromatic heterocycles. The number of aliphatic imine (C=N–C) groups is 1. The summed E-state index contributed by atoms with van der Waals surface area (Å²) in [6, 6.07) is 7.46. The number of halogens is 4. The lowest BCUT2D eigenvalue weighted by molar-refractivity contribution is -0.140. The highest BCUT2D eigenvalue weighted by atomic mass is 19.4. The molecule has 4 rings (SSSR count). The number of nitrogens with one attached hydrogen (secondary N) is 1. The predicted molar refractivity (Wildman–Crippen MR) is 114 cm³/mol. The molecule has 1 aliphatic rings. The summed E-state index contributed by atoms with van der Waals surface area (Å²) in [7, 11) is 0. The van der Waals surface area contributed by atoms with E-state index in [9.17, 15) is 22.8 Å². The molecule has 0 fully saturated rings. The predicted octanol–water partition coefficient (Wildman–Crippen LogP) is 5.94. The van der Waals surface area contributed by atoms with Crippen LogP contribution in [0.1, 0.15) is 43.9 Å². The van der Waals surface area contributed by atoms with Crippen LogP contribution in [-0.4, -0.2) is 27.8 Å². The Morgan fingerprint density at radius 2 is 2.06 bits per heavy atom. The van der Waals surface area contributed by atoms with Gasteiger partial charge in [-0.15, -0.1) is 0 Å². The van der Waals surface area contributed by atoms with Gasteiger partial charge in [0, 0.05) is 29.7 Å². The molecule has 3 heterocycles. The number of hydrogen-bond acceptors (Lipinski definition) is 5. The largest absolute Gasteiger partial charge is 0.493 e. The number of fused-ring (bicyclic) bond motifs is 2. The first-order valence-electron chi connectivity index (χ1n) is 10.4. The Balaban J connectivity index is 1.70. The standard InChI is InChI=1S/C23H21F4N5O/c1-22(2,11-28)6-5-13-10-33-18-7-14(24)3-4-15(18)17(13)9-29-20-16-8-19(23(25,26)27)32-21(16)31-12-30-20/h3-4,7-9,12-13,17H,5-6,10H2,1-2H3,(H,30,31,32). The van der Waals surface area contributed by atoms with E-state index in [4.69, 9.17) is 4.74 Å². The number of aromatic amines is 1. The molecule has 2 unspecified atom stereocenters. The zero-order valence-electron chi connectivity index (χ0n) is 17.9. The van der Waals surface area contributed by atoms with Crippen molar-refractivity contribution in [2.75, 3.05) is 6.61 Å². The lowest BCUT2D eigenvalue weighted by Crippen LogP contribution is -2.28. The highest BCUT2D eigenvalue weighted by Gasteiger charge is 2.34. The number of alkyl halides is 3. The van der Waals surface area contributed by atoms with Crippen LogP contribution in [0.25, 0.3) is 11.0 Å². The molecule has 0 saturated heterocycles. The van der Waals surface area contributed by atoms with Crippen molar-refractivity contribution in [3.63, 3.8) is 0 Å². The van der Waals surface area contributed by atoms with E-state index in [-0.39, 0.29) is 28.7 Å². The summed E-state index contributed by atoms with van der Waals surface area (Å²) in [5, 5.41) is 9.49. The molecule has 172 valence electrons. The van der Waals surface area contributed by atoms with Crippen molar-refractivity contribution in [2.45, 2.75) is 38.8 Å². The van der Waals surface area contributed by atoms with Gasteiger partial charge in [0.15, 0.2) is 5.82 Å². The third kappa shape index (κ3) is 4.82. The lowest BCUT2D eigenvalue weighted by Gasteiger charge is -2.32. The van der Waals surface area contributed by atoms with Gasteiger partial charge in [0.1, 0.15) is 29.2 Å². The van der Waals surface area contributed by atoms with Crippen LogP contribution >= 0.6 is 0 Å². The van der Waals surface area contributed by atoms with Gasteiger partial charge in [0.25, 0.3) is 0 Å². The molecule has 1 N–H and O–H groups in total. The molecule has 1 aromatic carbocycles. The fourth-order valence-electron chi connectivity index (χ4n) is 3.86. The molecule has 0 amide bonds. The number of nitriles is 1. The molecular weight excluding hydrogens is 438 g/mol. The normalized spacial score (nSPS) is 18.8. The Bertz CT molecular complexity index is 1240. The summed E-state index contributed by atoms with van der Waals surface area (Å²) in [6.45, 7) is 4.01. The van der Waals surface area contributed by atoms with Gasteiger partial charge in [-0.2, -0.15) is 18.4 Å². The summed E-state index contributed by atoms with van der Waals surface area (Å²) in [5.41, 5.74) is -0.700. The number of hydrogen-bond donors (Lipinski definition) is 1. The minimum Gasteiger partial charge on any atom is -0.493 e. The van der Waals surface area contributed by atoms with E-state index in [1.54, 1.807) is 12.3 Å². The first-order chi connectivity index (χ1) is 15.6. The number of rotatable bonds is 5. The van der Waals surface area contributed by atoms with Crippen LogP contribution in [0.5, 0.6) is 5.75 Å². The van der Waals surface area contributed by atoms with Crippen LogP contribution in [-0.2, 0) is 6.18 Å². The number of nitrogens with zero attached hydrogens (tertiary/aromatic N) is 4. The molecule has 0 spiro atoms. The summed E-state index contributed by atoms with van der Waals surface area (Å²) < 4.78 is 58.8. The monoisotopic (exact) mass is 459 g/mol. The average molecular weight is 459 g/mol. The number of ether oxygens (including phenoxy) is 1. The molecule has 3 aromatic rings. The van der Waals surface area contributed by atoms with Crippen LogP contribution in [0.3, 0.4) is 0 Å². The van der Waals surface area contributed by atoms with Crippen LogP contribution < -0.4 is 4.74 Å². The fraction of sp³-hybridized carbons (Fsp3) is 0.391. The quantitative estimate of drug-likeness (QED) is 0.378. The van der Waals surface area contributed by atoms with E-state index < -0.39 is 23.1 Å². The minimum atomic E-state index is -4.55. The first kappa shape index (κ1) is 22.7. The fourth-order valence-corrected chi connectivity index (χ4v) is 3.86. The SMILES string of the molecule is CC(C)(C#N)CCC1COc2cc(F)ccc2C1C=Nc1ncnc2[nH]c(C(F)(F)F)cc12. The highest BCUT2D eigenvalue weighted by molar-refractivity contribution is 5.88. The maximum atomic E-state index is 13.7. The lowest BCUT2D eigenvalue weighted by atomic mass is 9.78. The van der Waals surface area contributed by atoms with Gasteiger partial charge in [-0.25, -0.2) is 19.4 Å². The molecule has 10 heteroatoms. The van der Waals surface area contributed by atoms with Gasteiger partial charge in [-0.3, -0.25) is 0 Å². The van der Waals surface area contributed by atoms with Crippen LogP contribution in [0, 0.1) is 28.5 Å². The smallest absolute Gasteiger partial charge is 0.431 e. The van der Waals surface area contributed by atoms with E-state index in [1.165, 1.54) is 12.1 Å². The van der Waals surface area contributed by atoms with Crippen molar-refractivity contribution in [2.24, 2.45) is 16.3 Å². The van der Waals surface area contributed by atoms with Gasteiger partial charge in [-0.1, -0.05) is 6.07 Å². The first-order valence-corrected chi connectivity index (χ1v) is 10.4. The van der Waals surface area contributed by atoms with Gasteiger partial charge < -0.3 is 9.72 Å². The average Bonchev–Trinajstić information content (AvgIpc) is 3.22. The van der Waals surface area contributed by atoms with E-state index in [2.05, 4.69) is 26.0 Å². The second-order valence-electron chi connectivity index (χ2n) is 8.73. The number of H-pyrrole nitrogens is 1. The van der Waals surface area contributed by atoms with E-state index in [0.29, 0.717) is 25.2 Å². The summed E-state index contributed by atoms with van der Waals surface area (Å²) >= 11 is 0. The summed E-state index contributed by atoms with van der Waals surface area (Å²) in [4.78, 5) is 14.6. The van der Waals surface area contributed by atoms with Gasteiger partial charge in [0.05, 0.1) is 23.5 Å². The molecule has 0 bridgehead atoms. The Kier molecular flexibility index (Phi) is 5.82. The molecule has 33 heavy (non-hydrogen) atoms. The van der Waals surface area contributed by atoms with Gasteiger partial charge in [-0.05, 0) is 38.8 Å². The Hall–Kier alpha value is -3.48. The molecule has 1 aliphatic heterocycles. The molecule has 6 nitrogen and oxygen atoms in total. The van der Waals surface area contributed by atoms with E-state index in [0.717, 1.165) is 18.0 Å². The molecule has 0 aliphatic carbocycles. The number of benzene rings is 1. The molecule has 0 saturated carbocycles. The Labute approximate surface area is 187 Å². The van der Waals surface area contributed by atoms with Crippen LogP contribution in [0.2, 0.25) is 0 Å². The highest BCUT2D eigenvalue weighted by Crippen LogP contribution is 2.40. The van der Waals surface area contributed by atoms with Gasteiger partial charge >= 0.3 is 6.18 Å². The second-order valence-corrected chi connectivity index (χ2v) is 8.73. The Morgan fingerprint density at radius 1 is 1.27 bits per heavy atom. The summed E-state index contributed by atoms with van der Waals surface area (Å²) in [6.07, 6.45) is -0.528.